The van der Waals surface area contributed by atoms with Crippen molar-refractivity contribution < 1.29 is 9.50 Å². The van der Waals surface area contributed by atoms with Crippen molar-refractivity contribution in [3.63, 3.8) is 0 Å². The quantitative estimate of drug-likeness (QED) is 0.782. The summed E-state index contributed by atoms with van der Waals surface area (Å²) in [7, 11) is 0. The molecule has 2 N–H and O–H groups in total. The molecule has 0 saturated carbocycles. The lowest BCUT2D eigenvalue weighted by Crippen LogP contribution is -2.25. The van der Waals surface area contributed by atoms with Crippen LogP contribution in [0.15, 0.2) is 18.2 Å². The topological polar surface area (TPSA) is 35.5 Å². The summed E-state index contributed by atoms with van der Waals surface area (Å²) in [6.07, 6.45) is -0.384. The molecule has 1 unspecified atom stereocenters. The summed E-state index contributed by atoms with van der Waals surface area (Å²) in [4.78, 5) is 1.99. The van der Waals surface area contributed by atoms with Crippen molar-refractivity contribution in [1.29, 1.82) is 0 Å². The molecule has 0 radical (unpaired) electrons. The van der Waals surface area contributed by atoms with E-state index in [2.05, 4.69) is 5.32 Å². The van der Waals surface area contributed by atoms with Gasteiger partial charge in [0.05, 0.1) is 11.8 Å². The van der Waals surface area contributed by atoms with Crippen molar-refractivity contribution in [3.05, 3.63) is 29.6 Å². The molecule has 0 spiro atoms. The van der Waals surface area contributed by atoms with Crippen molar-refractivity contribution in [2.24, 2.45) is 0 Å². The first-order valence-corrected chi connectivity index (χ1v) is 6.50. The Balaban J connectivity index is 2.67. The molecule has 0 aliphatic heterocycles. The minimum atomic E-state index is -0.384. The van der Waals surface area contributed by atoms with Crippen LogP contribution in [0.5, 0.6) is 0 Å². The molecule has 102 valence electrons. The third-order valence-electron chi connectivity index (χ3n) is 2.89. The molecule has 0 aliphatic carbocycles. The number of halogens is 1. The molecule has 0 heterocycles. The third-order valence-corrected chi connectivity index (χ3v) is 2.89. The number of hydrogen-bond donors (Lipinski definition) is 2. The average Bonchev–Trinajstić information content (AvgIpc) is 2.32. The van der Waals surface area contributed by atoms with E-state index in [9.17, 15) is 4.39 Å². The molecule has 4 heteroatoms. The summed E-state index contributed by atoms with van der Waals surface area (Å²) in [5.74, 6) is -0.185. The van der Waals surface area contributed by atoms with Gasteiger partial charge in [0.25, 0.3) is 0 Å². The second-order valence-corrected chi connectivity index (χ2v) is 4.44. The van der Waals surface area contributed by atoms with Gasteiger partial charge < -0.3 is 15.3 Å². The van der Waals surface area contributed by atoms with Crippen LogP contribution in [-0.4, -0.2) is 30.8 Å². The molecule has 1 aromatic rings. The van der Waals surface area contributed by atoms with Gasteiger partial charge in [-0.1, -0.05) is 6.07 Å². The Morgan fingerprint density at radius 3 is 2.50 bits per heavy atom. The highest BCUT2D eigenvalue weighted by Crippen LogP contribution is 2.20. The number of rotatable bonds is 7. The van der Waals surface area contributed by atoms with Gasteiger partial charge >= 0.3 is 0 Å². The van der Waals surface area contributed by atoms with Crippen molar-refractivity contribution in [3.8, 4) is 0 Å². The first-order valence-electron chi connectivity index (χ1n) is 6.50. The van der Waals surface area contributed by atoms with E-state index >= 15 is 0 Å². The van der Waals surface area contributed by atoms with E-state index in [0.717, 1.165) is 18.7 Å². The zero-order valence-corrected chi connectivity index (χ0v) is 11.4. The highest BCUT2D eigenvalue weighted by atomic mass is 19.1. The molecule has 0 aromatic heterocycles. The molecular formula is C14H23FN2O. The molecule has 0 aliphatic rings. The fourth-order valence-electron chi connectivity index (χ4n) is 1.91. The van der Waals surface area contributed by atoms with Crippen LogP contribution in [0.25, 0.3) is 0 Å². The standard InChI is InChI=1S/C14H23FN2O/c1-4-17(5-2)14-7-6-12(8-13(14)15)10-16-9-11(3)18/h6-8,11,16,18H,4-5,9-10H2,1-3H3. The van der Waals surface area contributed by atoms with E-state index in [0.29, 0.717) is 18.8 Å². The van der Waals surface area contributed by atoms with Crippen LogP contribution in [0.2, 0.25) is 0 Å². The van der Waals surface area contributed by atoms with E-state index in [1.807, 2.05) is 30.9 Å². The lowest BCUT2D eigenvalue weighted by atomic mass is 10.1. The molecule has 0 bridgehead atoms. The average molecular weight is 254 g/mol. The highest BCUT2D eigenvalue weighted by Gasteiger charge is 2.08. The number of benzene rings is 1. The highest BCUT2D eigenvalue weighted by molar-refractivity contribution is 5.49. The number of nitrogens with one attached hydrogen (secondary N) is 1. The Kier molecular flexibility index (Phi) is 6.09. The number of aliphatic hydroxyl groups is 1. The van der Waals surface area contributed by atoms with Crippen LogP contribution >= 0.6 is 0 Å². The summed E-state index contributed by atoms with van der Waals surface area (Å²) >= 11 is 0. The summed E-state index contributed by atoms with van der Waals surface area (Å²) in [6.45, 7) is 8.43. The van der Waals surface area contributed by atoms with Crippen LogP contribution in [-0.2, 0) is 6.54 Å². The fraction of sp³-hybridized carbons (Fsp3) is 0.571. The van der Waals surface area contributed by atoms with Gasteiger partial charge in [-0.05, 0) is 38.5 Å². The number of hydrogen-bond acceptors (Lipinski definition) is 3. The van der Waals surface area contributed by atoms with Gasteiger partial charge in [-0.2, -0.15) is 0 Å². The van der Waals surface area contributed by atoms with Crippen LogP contribution < -0.4 is 10.2 Å². The Labute approximate surface area is 109 Å². The smallest absolute Gasteiger partial charge is 0.146 e. The zero-order chi connectivity index (χ0) is 13.5. The monoisotopic (exact) mass is 254 g/mol. The Hall–Kier alpha value is -1.13. The SMILES string of the molecule is CCN(CC)c1ccc(CNCC(C)O)cc1F. The molecule has 1 atom stereocenters. The lowest BCUT2D eigenvalue weighted by Gasteiger charge is -2.22. The summed E-state index contributed by atoms with van der Waals surface area (Å²) in [6, 6.07) is 5.30. The minimum Gasteiger partial charge on any atom is -0.392 e. The first kappa shape index (κ1) is 14.9. The van der Waals surface area contributed by atoms with Crippen molar-refractivity contribution in [2.75, 3.05) is 24.5 Å². The number of nitrogens with zero attached hydrogens (tertiary/aromatic N) is 1. The maximum absolute atomic E-state index is 13.9. The molecule has 1 aromatic carbocycles. The maximum atomic E-state index is 13.9. The molecule has 0 saturated heterocycles. The predicted octanol–water partition coefficient (Wildman–Crippen LogP) is 2.14. The summed E-state index contributed by atoms with van der Waals surface area (Å²) < 4.78 is 13.9. The maximum Gasteiger partial charge on any atom is 0.146 e. The zero-order valence-electron chi connectivity index (χ0n) is 11.4. The van der Waals surface area contributed by atoms with Gasteiger partial charge in [0.2, 0.25) is 0 Å². The second-order valence-electron chi connectivity index (χ2n) is 4.44. The molecule has 18 heavy (non-hydrogen) atoms. The van der Waals surface area contributed by atoms with Crippen molar-refractivity contribution >= 4 is 5.69 Å². The first-order chi connectivity index (χ1) is 8.58. The molecule has 3 nitrogen and oxygen atoms in total. The van der Waals surface area contributed by atoms with Crippen LogP contribution in [0, 0.1) is 5.82 Å². The van der Waals surface area contributed by atoms with Crippen molar-refractivity contribution in [1.82, 2.24) is 5.32 Å². The lowest BCUT2D eigenvalue weighted by molar-refractivity contribution is 0.191. The number of aliphatic hydroxyl groups excluding tert-OH is 1. The van der Waals surface area contributed by atoms with Gasteiger partial charge in [0, 0.05) is 26.2 Å². The van der Waals surface area contributed by atoms with Gasteiger partial charge in [-0.3, -0.25) is 0 Å². The van der Waals surface area contributed by atoms with Gasteiger partial charge in [0.15, 0.2) is 0 Å². The second kappa shape index (κ2) is 7.34. The molecule has 0 amide bonds. The van der Waals surface area contributed by atoms with E-state index in [1.165, 1.54) is 0 Å². The van der Waals surface area contributed by atoms with E-state index in [-0.39, 0.29) is 11.9 Å². The van der Waals surface area contributed by atoms with Gasteiger partial charge in [0.1, 0.15) is 5.82 Å². The Bertz CT molecular complexity index is 365. The molecule has 0 fully saturated rings. The summed E-state index contributed by atoms with van der Waals surface area (Å²) in [5.41, 5.74) is 1.54. The van der Waals surface area contributed by atoms with Gasteiger partial charge in [-0.25, -0.2) is 4.39 Å². The Morgan fingerprint density at radius 2 is 2.00 bits per heavy atom. The van der Waals surface area contributed by atoms with E-state index in [4.69, 9.17) is 5.11 Å². The fourth-order valence-corrected chi connectivity index (χ4v) is 1.91. The molecule has 1 rings (SSSR count). The minimum absolute atomic E-state index is 0.185. The van der Waals surface area contributed by atoms with E-state index < -0.39 is 0 Å². The summed E-state index contributed by atoms with van der Waals surface area (Å²) in [5, 5.41) is 12.2. The van der Waals surface area contributed by atoms with Crippen molar-refractivity contribution in [2.45, 2.75) is 33.4 Å². The Morgan fingerprint density at radius 1 is 1.33 bits per heavy atom. The third kappa shape index (κ3) is 4.27. The predicted molar refractivity (Wildman–Crippen MR) is 73.3 cm³/mol. The molecular weight excluding hydrogens is 231 g/mol. The number of anilines is 1. The largest absolute Gasteiger partial charge is 0.392 e. The van der Waals surface area contributed by atoms with E-state index in [1.54, 1.807) is 13.0 Å². The van der Waals surface area contributed by atoms with Gasteiger partial charge in [-0.15, -0.1) is 0 Å². The van der Waals surface area contributed by atoms with Crippen LogP contribution in [0.4, 0.5) is 10.1 Å². The van der Waals surface area contributed by atoms with Crippen LogP contribution in [0.3, 0.4) is 0 Å². The van der Waals surface area contributed by atoms with Crippen LogP contribution in [0.1, 0.15) is 26.3 Å². The normalized spacial score (nSPS) is 12.5.